The van der Waals surface area contributed by atoms with Crippen molar-refractivity contribution in [2.75, 3.05) is 13.7 Å². The van der Waals surface area contributed by atoms with Crippen molar-refractivity contribution in [3.63, 3.8) is 0 Å². The van der Waals surface area contributed by atoms with Crippen LogP contribution in [0.3, 0.4) is 0 Å². The molecule has 1 aromatic heterocycles. The maximum Gasteiger partial charge on any atom is 0.410 e. The van der Waals surface area contributed by atoms with Crippen molar-refractivity contribution in [1.82, 2.24) is 9.88 Å². The number of carbonyl (C=O) groups is 2. The number of carbonyl (C=O) groups excluding carboxylic acids is 2. The van der Waals surface area contributed by atoms with Gasteiger partial charge in [-0.3, -0.25) is 0 Å². The fourth-order valence-corrected chi connectivity index (χ4v) is 3.20. The van der Waals surface area contributed by atoms with E-state index in [0.717, 1.165) is 0 Å². The highest BCUT2D eigenvalue weighted by atomic mass is 32.1. The molecule has 0 aliphatic carbocycles. The SMILES string of the molecule is CCOC(=O)c1csc(C(O)CC(C(C)C)N(C)C(=O)OC(C)(C)C)n1. The van der Waals surface area contributed by atoms with Crippen molar-refractivity contribution >= 4 is 23.4 Å². The standard InChI is InChI=1S/C18H30N2O5S/c1-8-24-16(22)12-10-26-15(19-12)14(21)9-13(11(2)3)20(7)17(23)25-18(4,5)6/h10-11,13-14,21H,8-9H2,1-7H3. The zero-order valence-corrected chi connectivity index (χ0v) is 17.4. The van der Waals surface area contributed by atoms with Crippen LogP contribution >= 0.6 is 11.3 Å². The summed E-state index contributed by atoms with van der Waals surface area (Å²) in [6.45, 7) is 11.4. The van der Waals surface area contributed by atoms with E-state index in [1.54, 1.807) is 19.4 Å². The maximum atomic E-state index is 12.3. The third-order valence-corrected chi connectivity index (χ3v) is 4.65. The molecule has 2 unspecified atom stereocenters. The zero-order valence-electron chi connectivity index (χ0n) is 16.6. The molecule has 1 aromatic rings. The van der Waals surface area contributed by atoms with Crippen molar-refractivity contribution in [2.24, 2.45) is 5.92 Å². The van der Waals surface area contributed by atoms with Crippen LogP contribution in [0.1, 0.15) is 69.6 Å². The minimum Gasteiger partial charge on any atom is -0.461 e. The highest BCUT2D eigenvalue weighted by Crippen LogP contribution is 2.27. The highest BCUT2D eigenvalue weighted by molar-refractivity contribution is 7.09. The zero-order chi connectivity index (χ0) is 20.1. The molecule has 0 spiro atoms. The van der Waals surface area contributed by atoms with E-state index < -0.39 is 23.8 Å². The molecule has 2 atom stereocenters. The van der Waals surface area contributed by atoms with Gasteiger partial charge in [0, 0.05) is 24.9 Å². The number of nitrogens with zero attached hydrogens (tertiary/aromatic N) is 2. The first-order valence-corrected chi connectivity index (χ1v) is 9.60. The van der Waals surface area contributed by atoms with Crippen LogP contribution in [-0.2, 0) is 9.47 Å². The lowest BCUT2D eigenvalue weighted by Gasteiger charge is -2.34. The highest BCUT2D eigenvalue weighted by Gasteiger charge is 2.30. The van der Waals surface area contributed by atoms with Crippen LogP contribution in [0.25, 0.3) is 0 Å². The summed E-state index contributed by atoms with van der Waals surface area (Å²) in [6, 6.07) is -0.241. The first-order valence-electron chi connectivity index (χ1n) is 8.72. The Morgan fingerprint density at radius 2 is 1.96 bits per heavy atom. The molecule has 8 heteroatoms. The van der Waals surface area contributed by atoms with Gasteiger partial charge in [0.05, 0.1) is 6.61 Å². The molecule has 0 radical (unpaired) electrons. The molecule has 0 bridgehead atoms. The third-order valence-electron chi connectivity index (χ3n) is 3.70. The Balaban J connectivity index is 2.83. The number of esters is 1. The van der Waals surface area contributed by atoms with Crippen LogP contribution in [0.2, 0.25) is 0 Å². The van der Waals surface area contributed by atoms with Gasteiger partial charge in [-0.05, 0) is 33.6 Å². The van der Waals surface area contributed by atoms with E-state index in [4.69, 9.17) is 9.47 Å². The molecule has 0 saturated carbocycles. The molecular weight excluding hydrogens is 356 g/mol. The first kappa shape index (κ1) is 22.4. The molecule has 7 nitrogen and oxygen atoms in total. The average Bonchev–Trinajstić information content (AvgIpc) is 3.00. The van der Waals surface area contributed by atoms with Crippen LogP contribution in [0.5, 0.6) is 0 Å². The lowest BCUT2D eigenvalue weighted by atomic mass is 9.97. The third kappa shape index (κ3) is 6.57. The number of amides is 1. The van der Waals surface area contributed by atoms with Crippen LogP contribution in [0.4, 0.5) is 4.79 Å². The number of hydrogen-bond acceptors (Lipinski definition) is 7. The quantitative estimate of drug-likeness (QED) is 0.720. The van der Waals surface area contributed by atoms with Crippen molar-refractivity contribution < 1.29 is 24.2 Å². The summed E-state index contributed by atoms with van der Waals surface area (Å²) in [5.41, 5.74) is -0.400. The number of aliphatic hydroxyl groups is 1. The second-order valence-electron chi connectivity index (χ2n) is 7.45. The van der Waals surface area contributed by atoms with Crippen molar-refractivity contribution in [2.45, 2.75) is 65.7 Å². The van der Waals surface area contributed by atoms with E-state index in [0.29, 0.717) is 11.4 Å². The normalized spacial score (nSPS) is 14.0. The van der Waals surface area contributed by atoms with E-state index in [2.05, 4.69) is 4.98 Å². The van der Waals surface area contributed by atoms with E-state index in [1.165, 1.54) is 16.2 Å². The fourth-order valence-electron chi connectivity index (χ4n) is 2.42. The minimum atomic E-state index is -0.888. The number of hydrogen-bond donors (Lipinski definition) is 1. The van der Waals surface area contributed by atoms with Crippen LogP contribution in [-0.4, -0.2) is 52.4 Å². The van der Waals surface area contributed by atoms with Crippen molar-refractivity contribution in [3.8, 4) is 0 Å². The molecule has 0 aliphatic rings. The van der Waals surface area contributed by atoms with Gasteiger partial charge in [0.2, 0.25) is 0 Å². The fraction of sp³-hybridized carbons (Fsp3) is 0.722. The lowest BCUT2D eigenvalue weighted by Crippen LogP contribution is -2.44. The Hall–Kier alpha value is -1.67. The molecule has 0 fully saturated rings. The number of thiazole rings is 1. The first-order chi connectivity index (χ1) is 12.0. The largest absolute Gasteiger partial charge is 0.461 e. The summed E-state index contributed by atoms with van der Waals surface area (Å²) < 4.78 is 10.3. The summed E-state index contributed by atoms with van der Waals surface area (Å²) in [5, 5.41) is 12.5. The molecular formula is C18H30N2O5S. The summed E-state index contributed by atoms with van der Waals surface area (Å²) in [4.78, 5) is 29.7. The molecule has 26 heavy (non-hydrogen) atoms. The van der Waals surface area contributed by atoms with E-state index in [9.17, 15) is 14.7 Å². The molecule has 0 aliphatic heterocycles. The summed E-state index contributed by atoms with van der Waals surface area (Å²) in [5.74, 6) is -0.403. The summed E-state index contributed by atoms with van der Waals surface area (Å²) in [6.07, 6.45) is -1.03. The van der Waals surface area contributed by atoms with E-state index in [-0.39, 0.29) is 24.3 Å². The number of aliphatic hydroxyl groups excluding tert-OH is 1. The van der Waals surface area contributed by atoms with Gasteiger partial charge in [0.15, 0.2) is 5.69 Å². The van der Waals surface area contributed by atoms with Crippen molar-refractivity contribution in [1.29, 1.82) is 0 Å². The Kier molecular flexibility index (Phi) is 8.02. The molecule has 0 aromatic carbocycles. The number of ether oxygens (including phenoxy) is 2. The van der Waals surface area contributed by atoms with Gasteiger partial charge in [-0.25, -0.2) is 14.6 Å². The number of aromatic nitrogens is 1. The van der Waals surface area contributed by atoms with Gasteiger partial charge in [-0.2, -0.15) is 0 Å². The monoisotopic (exact) mass is 386 g/mol. The topological polar surface area (TPSA) is 89.0 Å². The summed E-state index contributed by atoms with van der Waals surface area (Å²) >= 11 is 1.20. The van der Waals surface area contributed by atoms with Gasteiger partial charge in [0.1, 0.15) is 16.7 Å². The number of rotatable bonds is 7. The van der Waals surface area contributed by atoms with Crippen LogP contribution < -0.4 is 0 Å². The van der Waals surface area contributed by atoms with Crippen LogP contribution in [0, 0.1) is 5.92 Å². The predicted octanol–water partition coefficient (Wildman–Crippen LogP) is 3.63. The second-order valence-corrected chi connectivity index (χ2v) is 8.34. The van der Waals surface area contributed by atoms with Gasteiger partial charge in [-0.15, -0.1) is 11.3 Å². The molecule has 0 saturated heterocycles. The predicted molar refractivity (Wildman–Crippen MR) is 100 cm³/mol. The molecule has 1 N–H and O–H groups in total. The molecule has 148 valence electrons. The Morgan fingerprint density at radius 1 is 1.35 bits per heavy atom. The summed E-state index contributed by atoms with van der Waals surface area (Å²) in [7, 11) is 1.66. The van der Waals surface area contributed by atoms with E-state index in [1.807, 2.05) is 34.6 Å². The van der Waals surface area contributed by atoms with Crippen LogP contribution in [0.15, 0.2) is 5.38 Å². The Labute approximate surface area is 159 Å². The average molecular weight is 387 g/mol. The smallest absolute Gasteiger partial charge is 0.410 e. The molecule has 1 heterocycles. The van der Waals surface area contributed by atoms with Gasteiger partial charge in [0.25, 0.3) is 0 Å². The van der Waals surface area contributed by atoms with Gasteiger partial charge >= 0.3 is 12.1 Å². The lowest BCUT2D eigenvalue weighted by molar-refractivity contribution is 0.0106. The van der Waals surface area contributed by atoms with Gasteiger partial charge in [-0.1, -0.05) is 13.8 Å². The minimum absolute atomic E-state index is 0.103. The second kappa shape index (κ2) is 9.32. The molecule has 1 rings (SSSR count). The van der Waals surface area contributed by atoms with E-state index >= 15 is 0 Å². The molecule has 1 amide bonds. The Bertz CT molecular complexity index is 609. The van der Waals surface area contributed by atoms with Crippen molar-refractivity contribution in [3.05, 3.63) is 16.1 Å². The van der Waals surface area contributed by atoms with Gasteiger partial charge < -0.3 is 19.5 Å². The maximum absolute atomic E-state index is 12.3. The Morgan fingerprint density at radius 3 is 2.46 bits per heavy atom.